The second-order valence-corrected chi connectivity index (χ2v) is 1.90. The maximum atomic E-state index is 12.5. The van der Waals surface area contributed by atoms with E-state index in [0.29, 0.717) is 0 Å². The van der Waals surface area contributed by atoms with E-state index in [1.54, 1.807) is 0 Å². The summed E-state index contributed by atoms with van der Waals surface area (Å²) in [4.78, 5) is 10.2. The average molecular weight is 182 g/mol. The number of hydrogen-bond acceptors (Lipinski definition) is 1. The van der Waals surface area contributed by atoms with Crippen molar-refractivity contribution in [3.05, 3.63) is 35.4 Å². The molecule has 0 unspecified atom stereocenters. The standard InChI is InChI=1S/C7H4F2O2.Na.H/c8-4-2-1-3-5(9)6(4)7(10)11;;/h1-3H,(H,10,11);;. The van der Waals surface area contributed by atoms with Crippen molar-refractivity contribution in [2.75, 3.05) is 0 Å². The first-order valence-corrected chi connectivity index (χ1v) is 2.80. The zero-order chi connectivity index (χ0) is 8.43. The molecule has 0 aliphatic rings. The Kier molecular flexibility index (Phi) is 4.37. The Balaban J connectivity index is 0.00000121. The van der Waals surface area contributed by atoms with Crippen LogP contribution in [0.4, 0.5) is 8.78 Å². The Bertz CT molecular complexity index is 281. The van der Waals surface area contributed by atoms with Crippen molar-refractivity contribution in [1.29, 1.82) is 0 Å². The van der Waals surface area contributed by atoms with Crippen molar-refractivity contribution in [2.24, 2.45) is 0 Å². The quantitative estimate of drug-likeness (QED) is 0.658. The van der Waals surface area contributed by atoms with Gasteiger partial charge in [-0.1, -0.05) is 6.07 Å². The summed E-state index contributed by atoms with van der Waals surface area (Å²) < 4.78 is 25.0. The van der Waals surface area contributed by atoms with E-state index in [2.05, 4.69) is 0 Å². The molecule has 0 aliphatic heterocycles. The molecule has 0 saturated heterocycles. The zero-order valence-electron chi connectivity index (χ0n) is 5.34. The van der Waals surface area contributed by atoms with Crippen molar-refractivity contribution >= 4 is 35.5 Å². The van der Waals surface area contributed by atoms with Gasteiger partial charge in [-0.05, 0) is 12.1 Å². The van der Waals surface area contributed by atoms with Crippen LogP contribution >= 0.6 is 0 Å². The number of hydrogen-bond donors (Lipinski definition) is 1. The summed E-state index contributed by atoms with van der Waals surface area (Å²) >= 11 is 0. The van der Waals surface area contributed by atoms with Crippen molar-refractivity contribution in [1.82, 2.24) is 0 Å². The summed E-state index contributed by atoms with van der Waals surface area (Å²) in [5, 5.41) is 8.27. The average Bonchev–Trinajstić information content (AvgIpc) is 1.85. The van der Waals surface area contributed by atoms with Crippen LogP contribution in [0, 0.1) is 11.6 Å². The number of rotatable bonds is 1. The molecular formula is C7H5F2NaO2. The van der Waals surface area contributed by atoms with Crippen molar-refractivity contribution in [2.45, 2.75) is 0 Å². The number of aromatic carboxylic acids is 1. The van der Waals surface area contributed by atoms with Gasteiger partial charge in [-0.2, -0.15) is 0 Å². The molecule has 0 saturated carbocycles. The van der Waals surface area contributed by atoms with Crippen molar-refractivity contribution < 1.29 is 18.7 Å². The summed E-state index contributed by atoms with van der Waals surface area (Å²) in [6, 6.07) is 2.90. The van der Waals surface area contributed by atoms with Crippen LogP contribution in [0.1, 0.15) is 10.4 Å². The number of carboxylic acids is 1. The first-order valence-electron chi connectivity index (χ1n) is 2.80. The molecule has 12 heavy (non-hydrogen) atoms. The predicted octanol–water partition coefficient (Wildman–Crippen LogP) is 1.01. The second-order valence-electron chi connectivity index (χ2n) is 1.90. The van der Waals surface area contributed by atoms with Crippen LogP contribution in [0.15, 0.2) is 18.2 Å². The third-order valence-electron chi connectivity index (χ3n) is 1.18. The molecule has 0 bridgehead atoms. The molecule has 1 aromatic carbocycles. The first-order chi connectivity index (χ1) is 5.13. The topological polar surface area (TPSA) is 37.3 Å². The first kappa shape index (κ1) is 11.6. The van der Waals surface area contributed by atoms with Gasteiger partial charge in [-0.3, -0.25) is 0 Å². The second kappa shape index (κ2) is 4.54. The van der Waals surface area contributed by atoms with Gasteiger partial charge in [0.1, 0.15) is 17.2 Å². The van der Waals surface area contributed by atoms with E-state index in [-0.39, 0.29) is 29.6 Å². The van der Waals surface area contributed by atoms with Crippen molar-refractivity contribution in [3.63, 3.8) is 0 Å². The fourth-order valence-electron chi connectivity index (χ4n) is 0.702. The molecule has 0 heterocycles. The third-order valence-corrected chi connectivity index (χ3v) is 1.18. The molecule has 0 atom stereocenters. The number of halogens is 2. The van der Waals surface area contributed by atoms with E-state index < -0.39 is 23.2 Å². The third kappa shape index (κ3) is 2.27. The molecule has 0 aromatic heterocycles. The summed E-state index contributed by atoms with van der Waals surface area (Å²) in [5.74, 6) is -3.71. The minimum absolute atomic E-state index is 0. The Morgan fingerprint density at radius 1 is 1.25 bits per heavy atom. The van der Waals surface area contributed by atoms with Crippen LogP contribution in [0.3, 0.4) is 0 Å². The molecule has 2 nitrogen and oxygen atoms in total. The molecule has 0 spiro atoms. The van der Waals surface area contributed by atoms with Crippen LogP contribution < -0.4 is 0 Å². The zero-order valence-corrected chi connectivity index (χ0v) is 5.34. The van der Waals surface area contributed by atoms with Gasteiger partial charge < -0.3 is 5.11 Å². The number of benzene rings is 1. The molecule has 60 valence electrons. The van der Waals surface area contributed by atoms with Crippen LogP contribution in [0.2, 0.25) is 0 Å². The molecule has 5 heteroatoms. The summed E-state index contributed by atoms with van der Waals surface area (Å²) in [6.45, 7) is 0. The van der Waals surface area contributed by atoms with Crippen LogP contribution in [0.5, 0.6) is 0 Å². The van der Waals surface area contributed by atoms with Gasteiger partial charge in [0.05, 0.1) is 0 Å². The number of carbonyl (C=O) groups is 1. The molecule has 1 rings (SSSR count). The van der Waals surface area contributed by atoms with Crippen LogP contribution in [-0.2, 0) is 0 Å². The van der Waals surface area contributed by atoms with Gasteiger partial charge in [0.25, 0.3) is 0 Å². The van der Waals surface area contributed by atoms with E-state index in [1.165, 1.54) is 0 Å². The Morgan fingerprint density at radius 3 is 1.92 bits per heavy atom. The van der Waals surface area contributed by atoms with E-state index in [1.807, 2.05) is 0 Å². The van der Waals surface area contributed by atoms with Gasteiger partial charge in [0.15, 0.2) is 0 Å². The number of carboxylic acid groups (broad SMARTS) is 1. The Labute approximate surface area is 89.5 Å². The fraction of sp³-hybridized carbons (Fsp3) is 0. The SMILES string of the molecule is O=C(O)c1c(F)cccc1F.[NaH]. The minimum atomic E-state index is -1.60. The van der Waals surface area contributed by atoms with Gasteiger partial charge in [0, 0.05) is 0 Å². The molecule has 0 radical (unpaired) electrons. The molecule has 0 amide bonds. The molecule has 1 N–H and O–H groups in total. The predicted molar refractivity (Wildman–Crippen MR) is 40.5 cm³/mol. The van der Waals surface area contributed by atoms with Gasteiger partial charge in [0.2, 0.25) is 0 Å². The molecule has 0 fully saturated rings. The Morgan fingerprint density at radius 2 is 1.67 bits per heavy atom. The van der Waals surface area contributed by atoms with E-state index in [4.69, 9.17) is 5.11 Å². The van der Waals surface area contributed by atoms with Gasteiger partial charge in [-0.15, -0.1) is 0 Å². The van der Waals surface area contributed by atoms with E-state index in [0.717, 1.165) is 18.2 Å². The van der Waals surface area contributed by atoms with Crippen LogP contribution in [-0.4, -0.2) is 40.6 Å². The van der Waals surface area contributed by atoms with Gasteiger partial charge >= 0.3 is 35.5 Å². The normalized spacial score (nSPS) is 8.83. The molecule has 1 aromatic rings. The Hall–Kier alpha value is -0.450. The molecular weight excluding hydrogens is 177 g/mol. The van der Waals surface area contributed by atoms with Gasteiger partial charge in [-0.25, -0.2) is 13.6 Å². The van der Waals surface area contributed by atoms with Crippen molar-refractivity contribution in [3.8, 4) is 0 Å². The summed E-state index contributed by atoms with van der Waals surface area (Å²) in [5.41, 5.74) is -0.910. The maximum absolute atomic E-state index is 12.5. The van der Waals surface area contributed by atoms with E-state index in [9.17, 15) is 13.6 Å². The summed E-state index contributed by atoms with van der Waals surface area (Å²) in [7, 11) is 0. The van der Waals surface area contributed by atoms with Crippen LogP contribution in [0.25, 0.3) is 0 Å². The fourth-order valence-corrected chi connectivity index (χ4v) is 0.702. The van der Waals surface area contributed by atoms with E-state index >= 15 is 0 Å². The molecule has 0 aliphatic carbocycles. The summed E-state index contributed by atoms with van der Waals surface area (Å²) in [6.07, 6.45) is 0. The monoisotopic (exact) mass is 182 g/mol.